The summed E-state index contributed by atoms with van der Waals surface area (Å²) in [5.74, 6) is -0.627. The van der Waals surface area contributed by atoms with Gasteiger partial charge in [-0.05, 0) is 17.8 Å². The summed E-state index contributed by atoms with van der Waals surface area (Å²) in [6, 6.07) is 7.46. The molecule has 3 fully saturated rings. The Balaban J connectivity index is 1.43. The number of carbonyl (C=O) groups excluding carboxylic acids is 3. The van der Waals surface area contributed by atoms with Crippen LogP contribution in [0.3, 0.4) is 0 Å². The quantitative estimate of drug-likeness (QED) is 0.637. The normalized spacial score (nSPS) is 25.6. The lowest BCUT2D eigenvalue weighted by atomic mass is 10.1. The van der Waals surface area contributed by atoms with Gasteiger partial charge in [0.05, 0.1) is 55.9 Å². The van der Waals surface area contributed by atoms with Crippen LogP contribution >= 0.6 is 11.8 Å². The van der Waals surface area contributed by atoms with Crippen LogP contribution in [0.15, 0.2) is 29.2 Å². The Kier molecular flexibility index (Phi) is 5.81. The lowest BCUT2D eigenvalue weighted by Gasteiger charge is -2.30. The molecule has 4 aliphatic rings. The highest BCUT2D eigenvalue weighted by Crippen LogP contribution is 2.44. The van der Waals surface area contributed by atoms with E-state index in [1.807, 2.05) is 29.2 Å². The van der Waals surface area contributed by atoms with E-state index >= 15 is 0 Å². The SMILES string of the molecule is O=C1SC(=C2C(=O)N(CN3CCOCC3)c3ccccc32)C(=O)N1CN1CCOCC1. The number of rotatable bonds is 4. The van der Waals surface area contributed by atoms with Crippen LogP contribution in [0.5, 0.6) is 0 Å². The van der Waals surface area contributed by atoms with Crippen LogP contribution in [0.2, 0.25) is 0 Å². The Bertz CT molecular complexity index is 939. The van der Waals surface area contributed by atoms with E-state index in [4.69, 9.17) is 9.47 Å². The van der Waals surface area contributed by atoms with Gasteiger partial charge >= 0.3 is 0 Å². The van der Waals surface area contributed by atoms with Gasteiger partial charge in [-0.1, -0.05) is 18.2 Å². The summed E-state index contributed by atoms with van der Waals surface area (Å²) in [7, 11) is 0. The van der Waals surface area contributed by atoms with Crippen molar-refractivity contribution in [1.29, 1.82) is 0 Å². The van der Waals surface area contributed by atoms with Crippen molar-refractivity contribution in [3.63, 3.8) is 0 Å². The van der Waals surface area contributed by atoms with Gasteiger partial charge in [0.2, 0.25) is 0 Å². The topological polar surface area (TPSA) is 82.6 Å². The van der Waals surface area contributed by atoms with E-state index in [1.54, 1.807) is 4.90 Å². The van der Waals surface area contributed by atoms with Gasteiger partial charge in [-0.3, -0.25) is 34.0 Å². The monoisotopic (exact) mass is 444 g/mol. The molecular formula is C21H24N4O5S. The zero-order valence-electron chi connectivity index (χ0n) is 17.1. The third kappa shape index (κ3) is 3.90. The van der Waals surface area contributed by atoms with Crippen LogP contribution in [-0.2, 0) is 19.1 Å². The minimum absolute atomic E-state index is 0.220. The summed E-state index contributed by atoms with van der Waals surface area (Å²) < 4.78 is 10.7. The molecule has 0 saturated carbocycles. The van der Waals surface area contributed by atoms with Crippen molar-refractivity contribution in [1.82, 2.24) is 14.7 Å². The molecule has 0 aromatic heterocycles. The van der Waals surface area contributed by atoms with Crippen LogP contribution in [-0.4, -0.2) is 97.7 Å². The van der Waals surface area contributed by atoms with Crippen LogP contribution in [0.25, 0.3) is 5.57 Å². The summed E-state index contributed by atoms with van der Waals surface area (Å²) in [6.07, 6.45) is 0. The third-order valence-electron chi connectivity index (χ3n) is 5.89. The van der Waals surface area contributed by atoms with Gasteiger partial charge in [0.1, 0.15) is 0 Å². The number of hydrogen-bond donors (Lipinski definition) is 0. The standard InChI is InChI=1S/C21H24N4O5S/c26-19-17(18-20(27)25(21(28)31-18)14-23-7-11-30-12-8-23)15-3-1-2-4-16(15)24(19)13-22-5-9-29-10-6-22/h1-4H,5-14H2. The van der Waals surface area contributed by atoms with Crippen LogP contribution < -0.4 is 4.90 Å². The average molecular weight is 445 g/mol. The summed E-state index contributed by atoms with van der Waals surface area (Å²) in [5.41, 5.74) is 1.81. The maximum atomic E-state index is 13.5. The van der Waals surface area contributed by atoms with Gasteiger partial charge in [-0.15, -0.1) is 0 Å². The maximum Gasteiger partial charge on any atom is 0.294 e. The molecule has 5 rings (SSSR count). The van der Waals surface area contributed by atoms with Crippen molar-refractivity contribution < 1.29 is 23.9 Å². The van der Waals surface area contributed by atoms with Gasteiger partial charge in [0, 0.05) is 31.7 Å². The first-order valence-corrected chi connectivity index (χ1v) is 11.2. The molecule has 3 amide bonds. The van der Waals surface area contributed by atoms with Crippen molar-refractivity contribution in [2.24, 2.45) is 0 Å². The number of ether oxygens (including phenoxy) is 2. The summed E-state index contributed by atoms with van der Waals surface area (Å²) >= 11 is 0.861. The highest BCUT2D eigenvalue weighted by molar-refractivity contribution is 8.18. The Morgan fingerprint density at radius 1 is 0.774 bits per heavy atom. The second-order valence-electron chi connectivity index (χ2n) is 7.80. The molecule has 0 spiro atoms. The highest BCUT2D eigenvalue weighted by Gasteiger charge is 2.44. The number of imide groups is 1. The maximum absolute atomic E-state index is 13.5. The molecule has 0 atom stereocenters. The Morgan fingerprint density at radius 3 is 2.00 bits per heavy atom. The molecular weight excluding hydrogens is 420 g/mol. The fourth-order valence-corrected chi connectivity index (χ4v) is 5.12. The predicted molar refractivity (Wildman–Crippen MR) is 115 cm³/mol. The number of nitrogens with zero attached hydrogens (tertiary/aromatic N) is 4. The number of benzene rings is 1. The van der Waals surface area contributed by atoms with Crippen LogP contribution in [0.4, 0.5) is 10.5 Å². The van der Waals surface area contributed by atoms with E-state index in [9.17, 15) is 14.4 Å². The van der Waals surface area contributed by atoms with Gasteiger partial charge in [0.25, 0.3) is 17.1 Å². The van der Waals surface area contributed by atoms with Gasteiger partial charge in [-0.25, -0.2) is 0 Å². The molecule has 4 heterocycles. The second kappa shape index (κ2) is 8.71. The first-order chi connectivity index (χ1) is 15.1. The van der Waals surface area contributed by atoms with Crippen molar-refractivity contribution >= 4 is 40.1 Å². The molecule has 10 heteroatoms. The lowest BCUT2D eigenvalue weighted by Crippen LogP contribution is -2.45. The predicted octanol–water partition coefficient (Wildman–Crippen LogP) is 1.02. The first-order valence-electron chi connectivity index (χ1n) is 10.4. The molecule has 31 heavy (non-hydrogen) atoms. The van der Waals surface area contributed by atoms with E-state index in [2.05, 4.69) is 4.90 Å². The van der Waals surface area contributed by atoms with Crippen molar-refractivity contribution in [3.8, 4) is 0 Å². The number of para-hydroxylation sites is 1. The fraction of sp³-hybridized carbons (Fsp3) is 0.476. The van der Waals surface area contributed by atoms with E-state index in [0.29, 0.717) is 57.3 Å². The molecule has 0 aliphatic carbocycles. The molecule has 0 radical (unpaired) electrons. The minimum atomic E-state index is -0.395. The number of fused-ring (bicyclic) bond motifs is 1. The minimum Gasteiger partial charge on any atom is -0.379 e. The number of anilines is 1. The largest absolute Gasteiger partial charge is 0.379 e. The van der Waals surface area contributed by atoms with E-state index in [-0.39, 0.29) is 22.7 Å². The molecule has 3 saturated heterocycles. The smallest absolute Gasteiger partial charge is 0.294 e. The molecule has 0 bridgehead atoms. The van der Waals surface area contributed by atoms with Crippen molar-refractivity contribution in [2.75, 3.05) is 70.8 Å². The van der Waals surface area contributed by atoms with E-state index in [1.165, 1.54) is 4.90 Å². The Labute approximate surface area is 184 Å². The molecule has 4 aliphatic heterocycles. The van der Waals surface area contributed by atoms with Gasteiger partial charge in [-0.2, -0.15) is 0 Å². The molecule has 0 unspecified atom stereocenters. The number of morpholine rings is 2. The molecule has 1 aromatic rings. The summed E-state index contributed by atoms with van der Waals surface area (Å²) in [4.78, 5) is 46.7. The number of hydrogen-bond acceptors (Lipinski definition) is 8. The fourth-order valence-electron chi connectivity index (χ4n) is 4.20. The lowest BCUT2D eigenvalue weighted by molar-refractivity contribution is -0.125. The Morgan fingerprint density at radius 2 is 1.35 bits per heavy atom. The number of thioether (sulfide) groups is 1. The van der Waals surface area contributed by atoms with Gasteiger partial charge < -0.3 is 9.47 Å². The van der Waals surface area contributed by atoms with Crippen LogP contribution in [0, 0.1) is 0 Å². The summed E-state index contributed by atoms with van der Waals surface area (Å²) in [6.45, 7) is 5.92. The second-order valence-corrected chi connectivity index (χ2v) is 8.76. The third-order valence-corrected chi connectivity index (χ3v) is 6.87. The van der Waals surface area contributed by atoms with E-state index in [0.717, 1.165) is 30.5 Å². The first kappa shape index (κ1) is 20.7. The number of carbonyl (C=O) groups is 3. The molecule has 164 valence electrons. The van der Waals surface area contributed by atoms with E-state index < -0.39 is 5.91 Å². The van der Waals surface area contributed by atoms with Crippen molar-refractivity contribution in [2.45, 2.75) is 0 Å². The van der Waals surface area contributed by atoms with Gasteiger partial charge in [0.15, 0.2) is 0 Å². The zero-order chi connectivity index (χ0) is 21.4. The van der Waals surface area contributed by atoms with Crippen LogP contribution in [0.1, 0.15) is 5.56 Å². The van der Waals surface area contributed by atoms with Crippen molar-refractivity contribution in [3.05, 3.63) is 34.7 Å². The molecule has 9 nitrogen and oxygen atoms in total. The molecule has 0 N–H and O–H groups in total. The average Bonchev–Trinajstić information content (AvgIpc) is 3.23. The molecule has 1 aromatic carbocycles. The highest BCUT2D eigenvalue weighted by atomic mass is 32.2. The zero-order valence-corrected chi connectivity index (χ0v) is 17.9. The summed E-state index contributed by atoms with van der Waals surface area (Å²) in [5, 5.41) is -0.337. The number of amides is 3. The Hall–Kier alpha value is -2.24.